The Morgan fingerprint density at radius 1 is 1.47 bits per heavy atom. The topological polar surface area (TPSA) is 42.1 Å². The molecule has 0 radical (unpaired) electrons. The summed E-state index contributed by atoms with van der Waals surface area (Å²) in [7, 11) is 0. The normalized spacial score (nSPS) is 16.8. The Labute approximate surface area is 95.3 Å². The van der Waals surface area contributed by atoms with Crippen LogP contribution >= 0.6 is 12.2 Å². The summed E-state index contributed by atoms with van der Waals surface area (Å²) in [5, 5.41) is 0. The van der Waals surface area contributed by atoms with Crippen molar-refractivity contribution in [3.05, 3.63) is 29.6 Å². The lowest BCUT2D eigenvalue weighted by Crippen LogP contribution is -2.19. The molecule has 2 heterocycles. The van der Waals surface area contributed by atoms with E-state index in [1.807, 2.05) is 12.1 Å². The van der Waals surface area contributed by atoms with Gasteiger partial charge in [-0.1, -0.05) is 12.2 Å². The predicted octanol–water partition coefficient (Wildman–Crippen LogP) is 1.31. The van der Waals surface area contributed by atoms with E-state index >= 15 is 0 Å². The van der Waals surface area contributed by atoms with Gasteiger partial charge in [0.25, 0.3) is 0 Å². The van der Waals surface area contributed by atoms with Crippen molar-refractivity contribution in [2.45, 2.75) is 19.4 Å². The van der Waals surface area contributed by atoms with E-state index in [0.717, 1.165) is 12.2 Å². The first-order chi connectivity index (χ1) is 7.25. The molecule has 0 bridgehead atoms. The van der Waals surface area contributed by atoms with Crippen LogP contribution in [0.3, 0.4) is 0 Å². The van der Waals surface area contributed by atoms with E-state index in [1.54, 1.807) is 6.20 Å². The van der Waals surface area contributed by atoms with Gasteiger partial charge in [0.1, 0.15) is 4.99 Å². The molecular weight excluding hydrogens is 206 g/mol. The van der Waals surface area contributed by atoms with Gasteiger partial charge in [0, 0.05) is 12.7 Å². The smallest absolute Gasteiger partial charge is 0.122 e. The highest BCUT2D eigenvalue weighted by Gasteiger charge is 2.12. The summed E-state index contributed by atoms with van der Waals surface area (Å²) in [6, 6.07) is 4.01. The molecule has 3 nitrogen and oxygen atoms in total. The van der Waals surface area contributed by atoms with Crippen LogP contribution in [0.2, 0.25) is 0 Å². The predicted molar refractivity (Wildman–Crippen MR) is 64.6 cm³/mol. The highest BCUT2D eigenvalue weighted by atomic mass is 32.1. The van der Waals surface area contributed by atoms with Gasteiger partial charge in [-0.25, -0.2) is 0 Å². The summed E-state index contributed by atoms with van der Waals surface area (Å²) in [5.41, 5.74) is 7.52. The van der Waals surface area contributed by atoms with Crippen LogP contribution in [0.1, 0.15) is 24.1 Å². The van der Waals surface area contributed by atoms with Gasteiger partial charge in [-0.2, -0.15) is 0 Å². The van der Waals surface area contributed by atoms with Crippen LogP contribution in [0, 0.1) is 0 Å². The van der Waals surface area contributed by atoms with E-state index in [1.165, 1.54) is 31.5 Å². The number of pyridine rings is 1. The van der Waals surface area contributed by atoms with Crippen molar-refractivity contribution < 1.29 is 0 Å². The lowest BCUT2D eigenvalue weighted by atomic mass is 10.2. The molecule has 2 rings (SSSR count). The SMILES string of the molecule is NC(=S)c1cc(CN2CCCC2)ccn1. The molecule has 15 heavy (non-hydrogen) atoms. The molecule has 0 aliphatic carbocycles. The molecule has 0 unspecified atom stereocenters. The lowest BCUT2D eigenvalue weighted by molar-refractivity contribution is 0.331. The second kappa shape index (κ2) is 4.68. The number of rotatable bonds is 3. The summed E-state index contributed by atoms with van der Waals surface area (Å²) >= 11 is 4.91. The highest BCUT2D eigenvalue weighted by Crippen LogP contribution is 2.12. The maximum atomic E-state index is 5.55. The Bertz CT molecular complexity index is 359. The number of likely N-dealkylation sites (tertiary alicyclic amines) is 1. The number of thiocarbonyl (C=S) groups is 1. The van der Waals surface area contributed by atoms with Crippen molar-refractivity contribution in [2.24, 2.45) is 5.73 Å². The Morgan fingerprint density at radius 2 is 2.20 bits per heavy atom. The second-order valence-corrected chi connectivity index (χ2v) is 4.34. The average Bonchev–Trinajstić information content (AvgIpc) is 2.71. The highest BCUT2D eigenvalue weighted by molar-refractivity contribution is 7.80. The average molecular weight is 221 g/mol. The first-order valence-corrected chi connectivity index (χ1v) is 5.63. The van der Waals surface area contributed by atoms with E-state index in [4.69, 9.17) is 18.0 Å². The third-order valence-electron chi connectivity index (χ3n) is 2.68. The van der Waals surface area contributed by atoms with Crippen LogP contribution in [0.5, 0.6) is 0 Å². The summed E-state index contributed by atoms with van der Waals surface area (Å²) in [4.78, 5) is 6.95. The molecule has 80 valence electrons. The molecule has 1 saturated heterocycles. The zero-order valence-electron chi connectivity index (χ0n) is 8.65. The van der Waals surface area contributed by atoms with Gasteiger partial charge in [0.15, 0.2) is 0 Å². The number of hydrogen-bond donors (Lipinski definition) is 1. The van der Waals surface area contributed by atoms with Gasteiger partial charge in [0.05, 0.1) is 5.69 Å². The summed E-state index contributed by atoms with van der Waals surface area (Å²) in [6.45, 7) is 3.38. The fourth-order valence-electron chi connectivity index (χ4n) is 1.91. The maximum absolute atomic E-state index is 5.55. The standard InChI is InChI=1S/C11H15N3S/c12-11(15)10-7-9(3-4-13-10)8-14-5-1-2-6-14/h3-4,7H,1-2,5-6,8H2,(H2,12,15). The summed E-state index contributed by atoms with van der Waals surface area (Å²) < 4.78 is 0. The van der Waals surface area contributed by atoms with Crippen LogP contribution in [0.15, 0.2) is 18.3 Å². The van der Waals surface area contributed by atoms with Crippen LogP contribution in [0.4, 0.5) is 0 Å². The quantitative estimate of drug-likeness (QED) is 0.782. The molecule has 1 aliphatic rings. The van der Waals surface area contributed by atoms with Crippen LogP contribution in [-0.4, -0.2) is 28.0 Å². The van der Waals surface area contributed by atoms with Crippen molar-refractivity contribution in [1.29, 1.82) is 0 Å². The molecular formula is C11H15N3S. The van der Waals surface area contributed by atoms with Crippen molar-refractivity contribution in [3.8, 4) is 0 Å². The van der Waals surface area contributed by atoms with Gasteiger partial charge in [-0.3, -0.25) is 9.88 Å². The van der Waals surface area contributed by atoms with Crippen LogP contribution < -0.4 is 5.73 Å². The minimum absolute atomic E-state index is 0.373. The zero-order valence-corrected chi connectivity index (χ0v) is 9.46. The number of hydrogen-bond acceptors (Lipinski definition) is 3. The number of nitrogens with two attached hydrogens (primary N) is 1. The van der Waals surface area contributed by atoms with Crippen LogP contribution in [-0.2, 0) is 6.54 Å². The van der Waals surface area contributed by atoms with Gasteiger partial charge in [-0.15, -0.1) is 0 Å². The first-order valence-electron chi connectivity index (χ1n) is 5.23. The molecule has 2 N–H and O–H groups in total. The van der Waals surface area contributed by atoms with Crippen molar-refractivity contribution >= 4 is 17.2 Å². The Balaban J connectivity index is 2.07. The molecule has 1 aromatic heterocycles. The molecule has 0 amide bonds. The molecule has 1 aliphatic heterocycles. The van der Waals surface area contributed by atoms with Gasteiger partial charge in [0.2, 0.25) is 0 Å². The minimum Gasteiger partial charge on any atom is -0.388 e. The summed E-state index contributed by atoms with van der Waals surface area (Å²) in [5.74, 6) is 0. The maximum Gasteiger partial charge on any atom is 0.122 e. The van der Waals surface area contributed by atoms with Crippen LogP contribution in [0.25, 0.3) is 0 Å². The van der Waals surface area contributed by atoms with E-state index in [0.29, 0.717) is 4.99 Å². The third-order valence-corrected chi connectivity index (χ3v) is 2.89. The van der Waals surface area contributed by atoms with Crippen molar-refractivity contribution in [1.82, 2.24) is 9.88 Å². The minimum atomic E-state index is 0.373. The van der Waals surface area contributed by atoms with E-state index in [9.17, 15) is 0 Å². The molecule has 1 aromatic rings. The van der Waals surface area contributed by atoms with Gasteiger partial charge in [-0.05, 0) is 43.6 Å². The van der Waals surface area contributed by atoms with E-state index in [-0.39, 0.29) is 0 Å². The van der Waals surface area contributed by atoms with E-state index < -0.39 is 0 Å². The zero-order chi connectivity index (χ0) is 10.7. The number of nitrogens with zero attached hydrogens (tertiary/aromatic N) is 2. The van der Waals surface area contributed by atoms with Crippen molar-refractivity contribution in [3.63, 3.8) is 0 Å². The van der Waals surface area contributed by atoms with Gasteiger partial charge < -0.3 is 5.73 Å². The molecule has 0 aromatic carbocycles. The molecule has 0 spiro atoms. The Kier molecular flexibility index (Phi) is 3.28. The second-order valence-electron chi connectivity index (χ2n) is 3.90. The fraction of sp³-hybridized carbons (Fsp3) is 0.455. The molecule has 0 atom stereocenters. The molecule has 0 saturated carbocycles. The molecule has 4 heteroatoms. The number of aromatic nitrogens is 1. The molecule has 1 fully saturated rings. The Hall–Kier alpha value is -1.00. The fourth-order valence-corrected chi connectivity index (χ4v) is 2.02. The third kappa shape index (κ3) is 2.73. The van der Waals surface area contributed by atoms with E-state index in [2.05, 4.69) is 9.88 Å². The summed E-state index contributed by atoms with van der Waals surface area (Å²) in [6.07, 6.45) is 4.40. The Morgan fingerprint density at radius 3 is 2.87 bits per heavy atom. The lowest BCUT2D eigenvalue weighted by Gasteiger charge is -2.14. The van der Waals surface area contributed by atoms with Crippen molar-refractivity contribution in [2.75, 3.05) is 13.1 Å². The first kappa shape index (κ1) is 10.5. The van der Waals surface area contributed by atoms with Gasteiger partial charge >= 0.3 is 0 Å². The largest absolute Gasteiger partial charge is 0.388 e. The monoisotopic (exact) mass is 221 g/mol.